The first kappa shape index (κ1) is 17.1. The molecule has 0 aromatic heterocycles. The van der Waals surface area contributed by atoms with Gasteiger partial charge in [-0.3, -0.25) is 9.69 Å². The van der Waals surface area contributed by atoms with E-state index in [0.717, 1.165) is 56.9 Å². The number of methoxy groups -OCH3 is 2. The minimum atomic E-state index is -0.0654. The largest absolute Gasteiger partial charge is 0.493 e. The van der Waals surface area contributed by atoms with E-state index in [1.165, 1.54) is 17.5 Å². The van der Waals surface area contributed by atoms with Crippen LogP contribution in [-0.4, -0.2) is 55.6 Å². The molecule has 132 valence electrons. The number of ether oxygens (including phenoxy) is 2. The lowest BCUT2D eigenvalue weighted by Gasteiger charge is -2.37. The first-order valence-electron chi connectivity index (χ1n) is 8.90. The van der Waals surface area contributed by atoms with E-state index in [9.17, 15) is 4.79 Å². The van der Waals surface area contributed by atoms with Crippen LogP contribution in [0, 0.1) is 0 Å². The molecule has 0 spiro atoms. The highest BCUT2D eigenvalue weighted by Crippen LogP contribution is 2.33. The molecule has 0 aliphatic carbocycles. The molecule has 5 nitrogen and oxygen atoms in total. The van der Waals surface area contributed by atoms with Crippen LogP contribution in [0.2, 0.25) is 0 Å². The molecule has 1 saturated heterocycles. The summed E-state index contributed by atoms with van der Waals surface area (Å²) < 4.78 is 10.8. The van der Waals surface area contributed by atoms with E-state index in [2.05, 4.69) is 17.0 Å². The van der Waals surface area contributed by atoms with Gasteiger partial charge in [0.15, 0.2) is 11.5 Å². The van der Waals surface area contributed by atoms with Gasteiger partial charge < -0.3 is 14.4 Å². The maximum absolute atomic E-state index is 12.8. The van der Waals surface area contributed by atoms with Gasteiger partial charge in [-0.1, -0.05) is 0 Å². The fourth-order valence-corrected chi connectivity index (χ4v) is 3.77. The second kappa shape index (κ2) is 7.43. The van der Waals surface area contributed by atoms with Gasteiger partial charge in [0.1, 0.15) is 0 Å². The summed E-state index contributed by atoms with van der Waals surface area (Å²) in [5.74, 6) is 1.81. The number of likely N-dealkylation sites (tertiary alicyclic amines) is 1. The van der Waals surface area contributed by atoms with Crippen LogP contribution >= 0.6 is 0 Å². The van der Waals surface area contributed by atoms with Crippen molar-refractivity contribution in [3.63, 3.8) is 0 Å². The van der Waals surface area contributed by atoms with Gasteiger partial charge in [0.25, 0.3) is 0 Å². The summed E-state index contributed by atoms with van der Waals surface area (Å²) in [4.78, 5) is 17.1. The molecule has 2 aliphatic heterocycles. The fourth-order valence-electron chi connectivity index (χ4n) is 3.77. The van der Waals surface area contributed by atoms with Gasteiger partial charge in [0, 0.05) is 26.2 Å². The number of piperidine rings is 1. The molecule has 1 aromatic carbocycles. The Morgan fingerprint density at radius 2 is 1.62 bits per heavy atom. The molecule has 2 aliphatic rings. The number of hydrogen-bond donors (Lipinski definition) is 0. The number of rotatable bonds is 4. The highest BCUT2D eigenvalue weighted by molar-refractivity contribution is 5.81. The molecule has 0 saturated carbocycles. The summed E-state index contributed by atoms with van der Waals surface area (Å²) in [6, 6.07) is 4.06. The minimum absolute atomic E-state index is 0.0654. The molecule has 0 radical (unpaired) electrons. The zero-order valence-corrected chi connectivity index (χ0v) is 15.0. The topological polar surface area (TPSA) is 42.0 Å². The number of hydrogen-bond acceptors (Lipinski definition) is 4. The van der Waals surface area contributed by atoms with Gasteiger partial charge >= 0.3 is 0 Å². The van der Waals surface area contributed by atoms with Crippen molar-refractivity contribution in [2.75, 3.05) is 33.9 Å². The molecule has 24 heavy (non-hydrogen) atoms. The predicted octanol–water partition coefficient (Wildman–Crippen LogP) is 2.46. The Morgan fingerprint density at radius 1 is 1.00 bits per heavy atom. The predicted molar refractivity (Wildman–Crippen MR) is 93.6 cm³/mol. The first-order chi connectivity index (χ1) is 11.6. The van der Waals surface area contributed by atoms with Gasteiger partial charge in [-0.25, -0.2) is 0 Å². The highest BCUT2D eigenvalue weighted by atomic mass is 16.5. The van der Waals surface area contributed by atoms with Crippen molar-refractivity contribution in [2.24, 2.45) is 0 Å². The maximum Gasteiger partial charge on any atom is 0.239 e. The normalized spacial score (nSPS) is 19.5. The zero-order chi connectivity index (χ0) is 17.1. The number of benzene rings is 1. The van der Waals surface area contributed by atoms with E-state index in [4.69, 9.17) is 9.47 Å². The minimum Gasteiger partial charge on any atom is -0.493 e. The molecule has 1 amide bonds. The summed E-state index contributed by atoms with van der Waals surface area (Å²) in [6.45, 7) is 5.57. The van der Waals surface area contributed by atoms with Crippen molar-refractivity contribution in [2.45, 2.75) is 45.2 Å². The van der Waals surface area contributed by atoms with E-state index >= 15 is 0 Å². The Labute approximate surface area is 144 Å². The Hall–Kier alpha value is -1.75. The molecule has 1 fully saturated rings. The number of carbonyl (C=O) groups is 1. The lowest BCUT2D eigenvalue weighted by molar-refractivity contribution is -0.137. The van der Waals surface area contributed by atoms with Gasteiger partial charge in [-0.05, 0) is 55.9 Å². The van der Waals surface area contributed by atoms with Gasteiger partial charge in [0.05, 0.1) is 20.3 Å². The molecule has 2 heterocycles. The van der Waals surface area contributed by atoms with Crippen LogP contribution < -0.4 is 9.47 Å². The average Bonchev–Trinajstić information content (AvgIpc) is 2.65. The molecule has 0 bridgehead atoms. The van der Waals surface area contributed by atoms with E-state index in [0.29, 0.717) is 0 Å². The van der Waals surface area contributed by atoms with Crippen molar-refractivity contribution < 1.29 is 14.3 Å². The number of carbonyl (C=O) groups excluding carboxylic acids is 1. The Balaban J connectivity index is 1.72. The lowest BCUT2D eigenvalue weighted by atomic mass is 9.97. The molecule has 3 rings (SSSR count). The Bertz CT molecular complexity index is 597. The van der Waals surface area contributed by atoms with Gasteiger partial charge in [-0.2, -0.15) is 0 Å². The number of nitrogens with zero attached hydrogens (tertiary/aromatic N) is 2. The van der Waals surface area contributed by atoms with Crippen LogP contribution in [0.5, 0.6) is 11.5 Å². The van der Waals surface area contributed by atoms with Crippen molar-refractivity contribution in [1.82, 2.24) is 9.80 Å². The quantitative estimate of drug-likeness (QED) is 0.849. The van der Waals surface area contributed by atoms with Crippen LogP contribution in [-0.2, 0) is 17.8 Å². The third-order valence-electron chi connectivity index (χ3n) is 5.32. The summed E-state index contributed by atoms with van der Waals surface area (Å²) >= 11 is 0. The molecule has 1 aromatic rings. The Kier molecular flexibility index (Phi) is 5.29. The van der Waals surface area contributed by atoms with Crippen molar-refractivity contribution >= 4 is 5.91 Å². The smallest absolute Gasteiger partial charge is 0.239 e. The standard InChI is InChI=1S/C19H28N2O3/c1-14(19(22)20-8-5-4-6-9-20)21-10-7-15-11-17(23-2)18(24-3)12-16(15)13-21/h11-12,14H,4-10,13H2,1-3H3/t14-/m1/s1. The molecule has 5 heteroatoms. The van der Waals surface area contributed by atoms with Gasteiger partial charge in [0.2, 0.25) is 5.91 Å². The van der Waals surface area contributed by atoms with Crippen LogP contribution in [0.1, 0.15) is 37.3 Å². The van der Waals surface area contributed by atoms with Crippen LogP contribution in [0.25, 0.3) is 0 Å². The average molecular weight is 332 g/mol. The second-order valence-electron chi connectivity index (χ2n) is 6.76. The van der Waals surface area contributed by atoms with Crippen LogP contribution in [0.4, 0.5) is 0 Å². The summed E-state index contributed by atoms with van der Waals surface area (Å²) in [6.07, 6.45) is 4.46. The number of fused-ring (bicyclic) bond motifs is 1. The monoisotopic (exact) mass is 332 g/mol. The fraction of sp³-hybridized carbons (Fsp3) is 0.632. The second-order valence-corrected chi connectivity index (χ2v) is 6.76. The molecule has 0 unspecified atom stereocenters. The van der Waals surface area contributed by atoms with Crippen LogP contribution in [0.15, 0.2) is 12.1 Å². The molecule has 1 atom stereocenters. The van der Waals surface area contributed by atoms with E-state index in [-0.39, 0.29) is 11.9 Å². The van der Waals surface area contributed by atoms with Crippen molar-refractivity contribution in [3.05, 3.63) is 23.3 Å². The van der Waals surface area contributed by atoms with Crippen LogP contribution in [0.3, 0.4) is 0 Å². The maximum atomic E-state index is 12.8. The van der Waals surface area contributed by atoms with E-state index < -0.39 is 0 Å². The molecule has 0 N–H and O–H groups in total. The van der Waals surface area contributed by atoms with E-state index in [1.54, 1.807) is 14.2 Å². The third-order valence-corrected chi connectivity index (χ3v) is 5.32. The van der Waals surface area contributed by atoms with E-state index in [1.807, 2.05) is 11.8 Å². The molecular formula is C19H28N2O3. The SMILES string of the molecule is COc1cc2c(cc1OC)CN([C@H](C)C(=O)N1CCCCC1)CC2. The third kappa shape index (κ3) is 3.36. The van der Waals surface area contributed by atoms with Gasteiger partial charge in [-0.15, -0.1) is 0 Å². The lowest BCUT2D eigenvalue weighted by Crippen LogP contribution is -2.49. The summed E-state index contributed by atoms with van der Waals surface area (Å²) in [5.41, 5.74) is 2.53. The van der Waals surface area contributed by atoms with Crippen molar-refractivity contribution in [1.29, 1.82) is 0 Å². The molecular weight excluding hydrogens is 304 g/mol. The Morgan fingerprint density at radius 3 is 2.25 bits per heavy atom. The highest BCUT2D eigenvalue weighted by Gasteiger charge is 2.29. The zero-order valence-electron chi connectivity index (χ0n) is 15.0. The van der Waals surface area contributed by atoms with Crippen molar-refractivity contribution in [3.8, 4) is 11.5 Å². The number of amides is 1. The first-order valence-corrected chi connectivity index (χ1v) is 8.90. The summed E-state index contributed by atoms with van der Waals surface area (Å²) in [7, 11) is 3.33. The summed E-state index contributed by atoms with van der Waals surface area (Å²) in [5, 5.41) is 0.